The number of hydrogen-bond donors (Lipinski definition) is 0. The molecule has 0 unspecified atom stereocenters. The van der Waals surface area contributed by atoms with E-state index in [4.69, 9.17) is 11.6 Å². The third-order valence-corrected chi connectivity index (χ3v) is 4.52. The Kier molecular flexibility index (Phi) is 3.72. The minimum absolute atomic E-state index is 0.274. The third kappa shape index (κ3) is 2.84. The molecule has 0 bridgehead atoms. The molecule has 2 heterocycles. The summed E-state index contributed by atoms with van der Waals surface area (Å²) in [6, 6.07) is 1.90. The lowest BCUT2D eigenvalue weighted by atomic mass is 10.2. The Hall–Kier alpha value is 0.0700. The van der Waals surface area contributed by atoms with E-state index in [0.29, 0.717) is 0 Å². The van der Waals surface area contributed by atoms with Crippen LogP contribution in [0.15, 0.2) is 16.7 Å². The lowest BCUT2D eigenvalue weighted by Gasteiger charge is -2.38. The van der Waals surface area contributed by atoms with Gasteiger partial charge in [0.15, 0.2) is 0 Å². The van der Waals surface area contributed by atoms with Crippen LogP contribution in [0.2, 0.25) is 5.02 Å². The molecular weight excluding hydrogens is 308 g/mol. The SMILES string of the molecule is CC1(C)CN(c2ncc(Br)cc2Cl)CCS1. The molecule has 1 aromatic heterocycles. The molecule has 5 heteroatoms. The van der Waals surface area contributed by atoms with Crippen molar-refractivity contribution in [2.75, 3.05) is 23.7 Å². The Morgan fingerprint density at radius 2 is 2.31 bits per heavy atom. The predicted octanol–water partition coefficient (Wildman–Crippen LogP) is 3.83. The molecule has 1 fully saturated rings. The molecule has 88 valence electrons. The van der Waals surface area contributed by atoms with Gasteiger partial charge in [0.1, 0.15) is 5.82 Å². The fraction of sp³-hybridized carbons (Fsp3) is 0.545. The van der Waals surface area contributed by atoms with Gasteiger partial charge in [0.25, 0.3) is 0 Å². The number of nitrogens with zero attached hydrogens (tertiary/aromatic N) is 2. The van der Waals surface area contributed by atoms with E-state index in [-0.39, 0.29) is 4.75 Å². The summed E-state index contributed by atoms with van der Waals surface area (Å²) in [4.78, 5) is 6.67. The number of hydrogen-bond acceptors (Lipinski definition) is 3. The highest BCUT2D eigenvalue weighted by Crippen LogP contribution is 2.34. The number of thioether (sulfide) groups is 1. The molecule has 2 nitrogen and oxygen atoms in total. The van der Waals surface area contributed by atoms with Gasteiger partial charge >= 0.3 is 0 Å². The normalized spacial score (nSPS) is 19.9. The molecule has 0 saturated carbocycles. The van der Waals surface area contributed by atoms with Crippen molar-refractivity contribution in [2.24, 2.45) is 0 Å². The van der Waals surface area contributed by atoms with E-state index in [1.807, 2.05) is 17.8 Å². The van der Waals surface area contributed by atoms with Gasteiger partial charge in [-0.05, 0) is 35.8 Å². The van der Waals surface area contributed by atoms with Gasteiger partial charge in [-0.2, -0.15) is 11.8 Å². The van der Waals surface area contributed by atoms with Crippen LogP contribution in [0.3, 0.4) is 0 Å². The molecule has 1 aromatic rings. The van der Waals surface area contributed by atoms with Crippen molar-refractivity contribution in [1.82, 2.24) is 4.98 Å². The smallest absolute Gasteiger partial charge is 0.147 e. The van der Waals surface area contributed by atoms with Gasteiger partial charge in [0, 0.05) is 34.3 Å². The van der Waals surface area contributed by atoms with Gasteiger partial charge < -0.3 is 4.90 Å². The van der Waals surface area contributed by atoms with Crippen molar-refractivity contribution < 1.29 is 0 Å². The number of anilines is 1. The van der Waals surface area contributed by atoms with Gasteiger partial charge in [-0.15, -0.1) is 0 Å². The van der Waals surface area contributed by atoms with E-state index >= 15 is 0 Å². The van der Waals surface area contributed by atoms with Gasteiger partial charge in [-0.1, -0.05) is 11.6 Å². The van der Waals surface area contributed by atoms with Crippen molar-refractivity contribution >= 4 is 45.1 Å². The van der Waals surface area contributed by atoms with Gasteiger partial charge in [0.2, 0.25) is 0 Å². The summed E-state index contributed by atoms with van der Waals surface area (Å²) in [5, 5.41) is 0.720. The zero-order chi connectivity index (χ0) is 11.8. The highest BCUT2D eigenvalue weighted by atomic mass is 79.9. The second-order valence-electron chi connectivity index (χ2n) is 4.49. The number of halogens is 2. The maximum Gasteiger partial charge on any atom is 0.147 e. The van der Waals surface area contributed by atoms with Crippen molar-refractivity contribution in [3.05, 3.63) is 21.8 Å². The van der Waals surface area contributed by atoms with Crippen molar-refractivity contribution in [2.45, 2.75) is 18.6 Å². The van der Waals surface area contributed by atoms with Crippen LogP contribution < -0.4 is 4.90 Å². The summed E-state index contributed by atoms with van der Waals surface area (Å²) in [6.45, 7) is 6.53. The van der Waals surface area contributed by atoms with E-state index in [0.717, 1.165) is 34.2 Å². The van der Waals surface area contributed by atoms with Crippen LogP contribution >= 0.6 is 39.3 Å². The first-order chi connectivity index (χ1) is 7.48. The molecule has 0 spiro atoms. The lowest BCUT2D eigenvalue weighted by molar-refractivity contribution is 0.642. The van der Waals surface area contributed by atoms with Crippen molar-refractivity contribution in [1.29, 1.82) is 0 Å². The van der Waals surface area contributed by atoms with Gasteiger partial charge in [0.05, 0.1) is 5.02 Å². The monoisotopic (exact) mass is 320 g/mol. The maximum atomic E-state index is 6.21. The van der Waals surface area contributed by atoms with Crippen molar-refractivity contribution in [3.63, 3.8) is 0 Å². The second-order valence-corrected chi connectivity index (χ2v) is 7.61. The quantitative estimate of drug-likeness (QED) is 0.782. The number of aromatic nitrogens is 1. The van der Waals surface area contributed by atoms with Crippen molar-refractivity contribution in [3.8, 4) is 0 Å². The Bertz CT molecular complexity index is 398. The Morgan fingerprint density at radius 1 is 1.56 bits per heavy atom. The second kappa shape index (κ2) is 4.75. The highest BCUT2D eigenvalue weighted by Gasteiger charge is 2.28. The molecule has 0 radical (unpaired) electrons. The van der Waals surface area contributed by atoms with Crippen LogP contribution in [0.5, 0.6) is 0 Å². The van der Waals surface area contributed by atoms with E-state index in [2.05, 4.69) is 39.7 Å². The first-order valence-corrected chi connectivity index (χ1v) is 7.33. The molecule has 0 amide bonds. The van der Waals surface area contributed by atoms with E-state index < -0.39 is 0 Å². The molecule has 0 aromatic carbocycles. The number of pyridine rings is 1. The third-order valence-electron chi connectivity index (χ3n) is 2.51. The largest absolute Gasteiger partial charge is 0.353 e. The molecule has 0 aliphatic carbocycles. The van der Waals surface area contributed by atoms with E-state index in [1.165, 1.54) is 0 Å². The topological polar surface area (TPSA) is 16.1 Å². The van der Waals surface area contributed by atoms with Crippen LogP contribution in [0.25, 0.3) is 0 Å². The summed E-state index contributed by atoms with van der Waals surface area (Å²) in [5.74, 6) is 2.03. The first-order valence-electron chi connectivity index (χ1n) is 5.18. The maximum absolute atomic E-state index is 6.21. The molecule has 0 atom stereocenters. The molecule has 0 N–H and O–H groups in total. The Balaban J connectivity index is 2.23. The van der Waals surface area contributed by atoms with Crippen LogP contribution in [0, 0.1) is 0 Å². The number of rotatable bonds is 1. The van der Waals surface area contributed by atoms with E-state index in [1.54, 1.807) is 6.20 Å². The minimum Gasteiger partial charge on any atom is -0.353 e. The van der Waals surface area contributed by atoms with Crippen LogP contribution in [0.4, 0.5) is 5.82 Å². The van der Waals surface area contributed by atoms with Crippen LogP contribution in [-0.2, 0) is 0 Å². The lowest BCUT2D eigenvalue weighted by Crippen LogP contribution is -2.43. The molecule has 2 rings (SSSR count). The first kappa shape index (κ1) is 12.5. The van der Waals surface area contributed by atoms with Crippen LogP contribution in [-0.4, -0.2) is 28.6 Å². The average molecular weight is 322 g/mol. The molecular formula is C11H14BrClN2S. The average Bonchev–Trinajstić information content (AvgIpc) is 2.15. The summed E-state index contributed by atoms with van der Waals surface area (Å²) >= 11 is 11.6. The zero-order valence-electron chi connectivity index (χ0n) is 9.33. The summed E-state index contributed by atoms with van der Waals surface area (Å²) < 4.78 is 1.20. The molecule has 1 aliphatic rings. The molecule has 16 heavy (non-hydrogen) atoms. The summed E-state index contributed by atoms with van der Waals surface area (Å²) in [7, 11) is 0. The minimum atomic E-state index is 0.274. The highest BCUT2D eigenvalue weighted by molar-refractivity contribution is 9.10. The fourth-order valence-electron chi connectivity index (χ4n) is 1.84. The molecule has 1 aliphatic heterocycles. The zero-order valence-corrected chi connectivity index (χ0v) is 12.5. The Labute approximate surface area is 114 Å². The summed E-state index contributed by atoms with van der Waals surface area (Å²) in [5.41, 5.74) is 0. The standard InChI is InChI=1S/C11H14BrClN2S/c1-11(2)7-15(3-4-16-11)10-9(13)5-8(12)6-14-10/h5-6H,3-4,7H2,1-2H3. The fourth-order valence-corrected chi connectivity index (χ4v) is 3.70. The predicted molar refractivity (Wildman–Crippen MR) is 75.7 cm³/mol. The van der Waals surface area contributed by atoms with E-state index in [9.17, 15) is 0 Å². The van der Waals surface area contributed by atoms with Crippen LogP contribution in [0.1, 0.15) is 13.8 Å². The Morgan fingerprint density at radius 3 is 2.94 bits per heavy atom. The summed E-state index contributed by atoms with van der Waals surface area (Å²) in [6.07, 6.45) is 1.80. The van der Waals surface area contributed by atoms with Gasteiger partial charge in [-0.25, -0.2) is 4.98 Å². The van der Waals surface area contributed by atoms with Gasteiger partial charge in [-0.3, -0.25) is 0 Å². The molecule has 1 saturated heterocycles.